The first-order valence-corrected chi connectivity index (χ1v) is 13.5. The standard InChI is InChI=1S/C26H28F3NO4S/c27-26(28,29)21-6-4-5-18(15-21)9-10-19-13-14-30(25(19)32)24-12-11-22(31)16-20(24)17-35(33,34)23-7-2-1-3-8-23/h1-8,15,19-20,24H,9-14,16-17H2/t19?,20-,24?/m0/s1. The molecule has 1 aliphatic heterocycles. The molecule has 188 valence electrons. The molecule has 4 rings (SSSR count). The van der Waals surface area contributed by atoms with E-state index < -0.39 is 27.5 Å². The zero-order valence-electron chi connectivity index (χ0n) is 19.2. The van der Waals surface area contributed by atoms with Gasteiger partial charge in [-0.3, -0.25) is 9.59 Å². The van der Waals surface area contributed by atoms with Crippen molar-refractivity contribution < 1.29 is 31.2 Å². The zero-order chi connectivity index (χ0) is 25.2. The van der Waals surface area contributed by atoms with Crippen molar-refractivity contribution in [3.63, 3.8) is 0 Å². The van der Waals surface area contributed by atoms with Gasteiger partial charge in [-0.25, -0.2) is 8.42 Å². The van der Waals surface area contributed by atoms with E-state index in [0.29, 0.717) is 44.2 Å². The monoisotopic (exact) mass is 507 g/mol. The number of alkyl halides is 3. The summed E-state index contributed by atoms with van der Waals surface area (Å²) < 4.78 is 64.9. The van der Waals surface area contributed by atoms with Crippen LogP contribution in [0.3, 0.4) is 0 Å². The van der Waals surface area contributed by atoms with Crippen LogP contribution in [-0.2, 0) is 32.0 Å². The van der Waals surface area contributed by atoms with Crippen LogP contribution in [-0.4, -0.2) is 43.3 Å². The number of Topliss-reactive ketones (excluding diaryl/α,β-unsaturated/α-hetero) is 1. The molecule has 1 amide bonds. The molecule has 9 heteroatoms. The number of carbonyl (C=O) groups is 2. The fourth-order valence-corrected chi connectivity index (χ4v) is 6.93. The highest BCUT2D eigenvalue weighted by molar-refractivity contribution is 7.91. The Hall–Kier alpha value is -2.68. The van der Waals surface area contributed by atoms with Gasteiger partial charge < -0.3 is 4.90 Å². The molecule has 1 saturated heterocycles. The van der Waals surface area contributed by atoms with Gasteiger partial charge in [0, 0.05) is 37.3 Å². The van der Waals surface area contributed by atoms with Crippen LogP contribution >= 0.6 is 0 Å². The Kier molecular flexibility index (Phi) is 7.35. The van der Waals surface area contributed by atoms with E-state index in [1.807, 2.05) is 0 Å². The molecule has 2 fully saturated rings. The molecule has 1 aliphatic carbocycles. The molecule has 0 aromatic heterocycles. The van der Waals surface area contributed by atoms with Crippen LogP contribution in [0.15, 0.2) is 59.5 Å². The number of ketones is 1. The first-order valence-electron chi connectivity index (χ1n) is 11.8. The number of sulfone groups is 1. The SMILES string of the molecule is O=C1CCC(N2CCC(CCc3cccc(C(F)(F)F)c3)C2=O)[C@H](CS(=O)(=O)c2ccccc2)C1. The van der Waals surface area contributed by atoms with Crippen LogP contribution in [0.25, 0.3) is 0 Å². The average molecular weight is 508 g/mol. The summed E-state index contributed by atoms with van der Waals surface area (Å²) in [5.74, 6) is -1.10. The van der Waals surface area contributed by atoms with Crippen LogP contribution in [0.5, 0.6) is 0 Å². The molecule has 1 saturated carbocycles. The second kappa shape index (κ2) is 10.1. The van der Waals surface area contributed by atoms with Gasteiger partial charge in [0.15, 0.2) is 9.84 Å². The van der Waals surface area contributed by atoms with E-state index in [-0.39, 0.29) is 40.7 Å². The van der Waals surface area contributed by atoms with E-state index in [0.717, 1.165) is 12.1 Å². The molecule has 0 radical (unpaired) electrons. The average Bonchev–Trinajstić information content (AvgIpc) is 3.18. The third kappa shape index (κ3) is 5.94. The highest BCUT2D eigenvalue weighted by Crippen LogP contribution is 2.35. The third-order valence-corrected chi connectivity index (χ3v) is 8.93. The summed E-state index contributed by atoms with van der Waals surface area (Å²) in [7, 11) is -3.62. The van der Waals surface area contributed by atoms with Crippen molar-refractivity contribution in [2.24, 2.45) is 11.8 Å². The van der Waals surface area contributed by atoms with E-state index in [4.69, 9.17) is 0 Å². The first-order chi connectivity index (χ1) is 16.5. The summed E-state index contributed by atoms with van der Waals surface area (Å²) in [6, 6.07) is 12.9. The Morgan fingerprint density at radius 2 is 1.71 bits per heavy atom. The Bertz CT molecular complexity index is 1180. The van der Waals surface area contributed by atoms with Gasteiger partial charge in [-0.1, -0.05) is 36.4 Å². The fourth-order valence-electron chi connectivity index (χ4n) is 5.27. The lowest BCUT2D eigenvalue weighted by molar-refractivity contribution is -0.138. The zero-order valence-corrected chi connectivity index (χ0v) is 20.0. The summed E-state index contributed by atoms with van der Waals surface area (Å²) in [5.41, 5.74) is -0.176. The second-order valence-electron chi connectivity index (χ2n) is 9.46. The predicted octanol–water partition coefficient (Wildman–Crippen LogP) is 4.70. The normalized spacial score (nSPS) is 23.6. The van der Waals surface area contributed by atoms with E-state index in [9.17, 15) is 31.2 Å². The van der Waals surface area contributed by atoms with Crippen molar-refractivity contribution in [3.8, 4) is 0 Å². The molecule has 0 spiro atoms. The third-order valence-electron chi connectivity index (χ3n) is 7.08. The molecule has 1 heterocycles. The highest BCUT2D eigenvalue weighted by atomic mass is 32.2. The largest absolute Gasteiger partial charge is 0.416 e. The minimum Gasteiger partial charge on any atom is -0.339 e. The summed E-state index contributed by atoms with van der Waals surface area (Å²) in [6.45, 7) is 0.465. The topological polar surface area (TPSA) is 71.5 Å². The maximum absolute atomic E-state index is 13.2. The Morgan fingerprint density at radius 3 is 2.43 bits per heavy atom. The van der Waals surface area contributed by atoms with Gasteiger partial charge in [-0.15, -0.1) is 0 Å². The van der Waals surface area contributed by atoms with Crippen molar-refractivity contribution in [1.29, 1.82) is 0 Å². The van der Waals surface area contributed by atoms with Gasteiger partial charge in [0.2, 0.25) is 5.91 Å². The number of hydrogen-bond acceptors (Lipinski definition) is 4. The predicted molar refractivity (Wildman–Crippen MR) is 124 cm³/mol. The van der Waals surface area contributed by atoms with Crippen molar-refractivity contribution in [2.75, 3.05) is 12.3 Å². The summed E-state index contributed by atoms with van der Waals surface area (Å²) in [6.07, 6.45) is -2.21. The lowest BCUT2D eigenvalue weighted by Crippen LogP contribution is -2.47. The van der Waals surface area contributed by atoms with Crippen molar-refractivity contribution in [3.05, 3.63) is 65.7 Å². The molecule has 2 aromatic rings. The number of nitrogens with zero attached hydrogens (tertiary/aromatic N) is 1. The number of benzene rings is 2. The van der Waals surface area contributed by atoms with E-state index in [1.165, 1.54) is 18.2 Å². The number of aryl methyl sites for hydroxylation is 1. The Balaban J connectivity index is 1.43. The van der Waals surface area contributed by atoms with Gasteiger partial charge in [0.1, 0.15) is 5.78 Å². The molecule has 2 aliphatic rings. The van der Waals surface area contributed by atoms with Gasteiger partial charge in [0.05, 0.1) is 16.2 Å². The molecule has 2 unspecified atom stereocenters. The molecular weight excluding hydrogens is 479 g/mol. The fraction of sp³-hybridized carbons (Fsp3) is 0.462. The number of hydrogen-bond donors (Lipinski definition) is 0. The maximum Gasteiger partial charge on any atom is 0.416 e. The van der Waals surface area contributed by atoms with Crippen LogP contribution < -0.4 is 0 Å². The van der Waals surface area contributed by atoms with E-state index in [2.05, 4.69) is 0 Å². The lowest BCUT2D eigenvalue weighted by Gasteiger charge is -2.37. The van der Waals surface area contributed by atoms with Crippen molar-refractivity contribution in [2.45, 2.75) is 55.6 Å². The molecule has 0 bridgehead atoms. The minimum atomic E-state index is -4.41. The minimum absolute atomic E-state index is 0.00209. The number of rotatable bonds is 7. The molecule has 35 heavy (non-hydrogen) atoms. The molecule has 2 aromatic carbocycles. The van der Waals surface area contributed by atoms with Gasteiger partial charge in [-0.05, 0) is 49.4 Å². The quantitative estimate of drug-likeness (QED) is 0.545. The smallest absolute Gasteiger partial charge is 0.339 e. The number of carbonyl (C=O) groups excluding carboxylic acids is 2. The number of likely N-dealkylation sites (tertiary alicyclic amines) is 1. The van der Waals surface area contributed by atoms with Crippen LogP contribution in [0.1, 0.15) is 43.2 Å². The maximum atomic E-state index is 13.2. The summed E-state index contributed by atoms with van der Waals surface area (Å²) in [4.78, 5) is 27.3. The first kappa shape index (κ1) is 25.4. The highest BCUT2D eigenvalue weighted by Gasteiger charge is 2.42. The van der Waals surface area contributed by atoms with Crippen LogP contribution in [0, 0.1) is 11.8 Å². The second-order valence-corrected chi connectivity index (χ2v) is 11.5. The Morgan fingerprint density at radius 1 is 0.971 bits per heavy atom. The van der Waals surface area contributed by atoms with E-state index >= 15 is 0 Å². The van der Waals surface area contributed by atoms with Crippen molar-refractivity contribution in [1.82, 2.24) is 4.90 Å². The van der Waals surface area contributed by atoms with Crippen LogP contribution in [0.2, 0.25) is 0 Å². The van der Waals surface area contributed by atoms with Crippen LogP contribution in [0.4, 0.5) is 13.2 Å². The van der Waals surface area contributed by atoms with Gasteiger partial charge in [0.25, 0.3) is 0 Å². The number of halogens is 3. The molecular formula is C26H28F3NO4S. The number of amides is 1. The lowest BCUT2D eigenvalue weighted by atomic mass is 9.84. The summed E-state index contributed by atoms with van der Waals surface area (Å²) >= 11 is 0. The molecule has 0 N–H and O–H groups in total. The molecule has 3 atom stereocenters. The summed E-state index contributed by atoms with van der Waals surface area (Å²) in [5, 5.41) is 0. The molecule has 5 nitrogen and oxygen atoms in total. The van der Waals surface area contributed by atoms with E-state index in [1.54, 1.807) is 29.2 Å². The van der Waals surface area contributed by atoms with Gasteiger partial charge in [-0.2, -0.15) is 13.2 Å². The van der Waals surface area contributed by atoms with Crippen molar-refractivity contribution >= 4 is 21.5 Å². The Labute approximate surface area is 203 Å². The van der Waals surface area contributed by atoms with Gasteiger partial charge >= 0.3 is 6.18 Å².